The third kappa shape index (κ3) is 5.56. The molecular formula is C12H19ClN2O2. The highest BCUT2D eigenvalue weighted by molar-refractivity contribution is 5.85. The second-order valence-electron chi connectivity index (χ2n) is 3.71. The van der Waals surface area contributed by atoms with Crippen molar-refractivity contribution in [3.05, 3.63) is 30.3 Å². The van der Waals surface area contributed by atoms with Crippen molar-refractivity contribution in [2.24, 2.45) is 5.73 Å². The van der Waals surface area contributed by atoms with Gasteiger partial charge in [-0.3, -0.25) is 4.79 Å². The van der Waals surface area contributed by atoms with Gasteiger partial charge < -0.3 is 15.4 Å². The van der Waals surface area contributed by atoms with E-state index in [9.17, 15) is 4.79 Å². The van der Waals surface area contributed by atoms with Gasteiger partial charge in [0, 0.05) is 7.05 Å². The summed E-state index contributed by atoms with van der Waals surface area (Å²) in [5.41, 5.74) is 5.49. The summed E-state index contributed by atoms with van der Waals surface area (Å²) >= 11 is 0. The third-order valence-corrected chi connectivity index (χ3v) is 2.20. The van der Waals surface area contributed by atoms with Crippen molar-refractivity contribution < 1.29 is 9.53 Å². The SMILES string of the molecule is CC(N)C(=O)N(C)CCOc1ccccc1.Cl. The summed E-state index contributed by atoms with van der Waals surface area (Å²) in [6, 6.07) is 9.05. The van der Waals surface area contributed by atoms with Gasteiger partial charge in [-0.1, -0.05) is 18.2 Å². The van der Waals surface area contributed by atoms with Gasteiger partial charge in [-0.15, -0.1) is 12.4 Å². The van der Waals surface area contributed by atoms with Crippen molar-refractivity contribution in [1.29, 1.82) is 0 Å². The van der Waals surface area contributed by atoms with E-state index in [-0.39, 0.29) is 18.3 Å². The third-order valence-electron chi connectivity index (χ3n) is 2.20. The molecule has 0 aliphatic carbocycles. The molecule has 1 rings (SSSR count). The predicted molar refractivity (Wildman–Crippen MR) is 70.5 cm³/mol. The summed E-state index contributed by atoms with van der Waals surface area (Å²) < 4.78 is 5.47. The average molecular weight is 259 g/mol. The predicted octanol–water partition coefficient (Wildman–Crippen LogP) is 1.29. The zero-order valence-corrected chi connectivity index (χ0v) is 10.9. The number of hydrogen-bond acceptors (Lipinski definition) is 3. The summed E-state index contributed by atoms with van der Waals surface area (Å²) in [5.74, 6) is 0.737. The van der Waals surface area contributed by atoms with Crippen LogP contribution in [0.1, 0.15) is 6.92 Å². The van der Waals surface area contributed by atoms with E-state index in [1.807, 2.05) is 30.3 Å². The fraction of sp³-hybridized carbons (Fsp3) is 0.417. The van der Waals surface area contributed by atoms with Gasteiger partial charge in [0.05, 0.1) is 12.6 Å². The minimum Gasteiger partial charge on any atom is -0.492 e. The van der Waals surface area contributed by atoms with Crippen molar-refractivity contribution in [2.75, 3.05) is 20.2 Å². The first kappa shape index (κ1) is 15.7. The van der Waals surface area contributed by atoms with E-state index in [4.69, 9.17) is 10.5 Å². The maximum atomic E-state index is 11.4. The summed E-state index contributed by atoms with van der Waals surface area (Å²) in [6.45, 7) is 2.69. The minimum atomic E-state index is -0.457. The Kier molecular flexibility index (Phi) is 7.34. The van der Waals surface area contributed by atoms with E-state index < -0.39 is 6.04 Å². The number of likely N-dealkylation sites (N-methyl/N-ethyl adjacent to an activating group) is 1. The van der Waals surface area contributed by atoms with Crippen LogP contribution >= 0.6 is 12.4 Å². The number of ether oxygens (including phenoxy) is 1. The van der Waals surface area contributed by atoms with Crippen LogP contribution in [0.5, 0.6) is 5.75 Å². The number of para-hydroxylation sites is 1. The quantitative estimate of drug-likeness (QED) is 0.866. The van der Waals surface area contributed by atoms with Gasteiger partial charge in [-0.2, -0.15) is 0 Å². The Morgan fingerprint density at radius 3 is 2.53 bits per heavy atom. The van der Waals surface area contributed by atoms with Crippen LogP contribution in [0.3, 0.4) is 0 Å². The first-order valence-corrected chi connectivity index (χ1v) is 5.29. The van der Waals surface area contributed by atoms with E-state index in [2.05, 4.69) is 0 Å². The molecule has 1 aromatic carbocycles. The zero-order valence-electron chi connectivity index (χ0n) is 10.1. The monoisotopic (exact) mass is 258 g/mol. The molecule has 96 valence electrons. The van der Waals surface area contributed by atoms with Gasteiger partial charge >= 0.3 is 0 Å². The summed E-state index contributed by atoms with van der Waals surface area (Å²) in [6.07, 6.45) is 0. The fourth-order valence-corrected chi connectivity index (χ4v) is 1.27. The highest BCUT2D eigenvalue weighted by Crippen LogP contribution is 2.07. The van der Waals surface area contributed by atoms with Crippen LogP contribution in [0.15, 0.2) is 30.3 Å². The van der Waals surface area contributed by atoms with E-state index >= 15 is 0 Å². The van der Waals surface area contributed by atoms with Crippen LogP contribution < -0.4 is 10.5 Å². The van der Waals surface area contributed by atoms with Crippen molar-refractivity contribution in [1.82, 2.24) is 4.90 Å². The van der Waals surface area contributed by atoms with E-state index in [1.54, 1.807) is 18.9 Å². The standard InChI is InChI=1S/C12H18N2O2.ClH/c1-10(13)12(15)14(2)8-9-16-11-6-4-3-5-7-11;/h3-7,10H,8-9,13H2,1-2H3;1H. The molecule has 0 fully saturated rings. The van der Waals surface area contributed by atoms with Gasteiger partial charge in [0.15, 0.2) is 0 Å². The molecule has 0 aromatic heterocycles. The normalized spacial score (nSPS) is 11.2. The Morgan fingerprint density at radius 2 is 2.00 bits per heavy atom. The first-order chi connectivity index (χ1) is 7.61. The molecule has 1 unspecified atom stereocenters. The Balaban J connectivity index is 0.00000256. The number of hydrogen-bond donors (Lipinski definition) is 1. The van der Waals surface area contributed by atoms with Gasteiger partial charge in [0.1, 0.15) is 12.4 Å². The van der Waals surface area contributed by atoms with Crippen molar-refractivity contribution in [3.8, 4) is 5.75 Å². The molecule has 2 N–H and O–H groups in total. The molecule has 0 saturated heterocycles. The molecule has 0 aliphatic heterocycles. The van der Waals surface area contributed by atoms with Gasteiger partial charge in [-0.25, -0.2) is 0 Å². The highest BCUT2D eigenvalue weighted by atomic mass is 35.5. The molecule has 0 bridgehead atoms. The minimum absolute atomic E-state index is 0. The number of carbonyl (C=O) groups excluding carboxylic acids is 1. The lowest BCUT2D eigenvalue weighted by atomic mass is 10.3. The average Bonchev–Trinajstić information content (AvgIpc) is 2.29. The Hall–Kier alpha value is -1.26. The van der Waals surface area contributed by atoms with Crippen LogP contribution in [0, 0.1) is 0 Å². The van der Waals surface area contributed by atoms with E-state index in [0.717, 1.165) is 5.75 Å². The van der Waals surface area contributed by atoms with Gasteiger partial charge in [0.2, 0.25) is 5.91 Å². The molecule has 1 amide bonds. The smallest absolute Gasteiger partial charge is 0.239 e. The van der Waals surface area contributed by atoms with Crippen LogP contribution in [0.2, 0.25) is 0 Å². The fourth-order valence-electron chi connectivity index (χ4n) is 1.27. The lowest BCUT2D eigenvalue weighted by Crippen LogP contribution is -2.41. The molecule has 17 heavy (non-hydrogen) atoms. The summed E-state index contributed by atoms with van der Waals surface area (Å²) in [5, 5.41) is 0. The zero-order chi connectivity index (χ0) is 12.0. The molecule has 4 nitrogen and oxygen atoms in total. The second kappa shape index (κ2) is 7.92. The maximum absolute atomic E-state index is 11.4. The molecule has 0 aliphatic rings. The van der Waals surface area contributed by atoms with E-state index in [1.165, 1.54) is 0 Å². The summed E-state index contributed by atoms with van der Waals surface area (Å²) in [7, 11) is 1.72. The van der Waals surface area contributed by atoms with Gasteiger partial charge in [0.25, 0.3) is 0 Å². The molecule has 0 saturated carbocycles. The number of halogens is 1. The Bertz CT molecular complexity index is 331. The number of nitrogens with two attached hydrogens (primary N) is 1. The van der Waals surface area contributed by atoms with Crippen molar-refractivity contribution in [3.63, 3.8) is 0 Å². The van der Waals surface area contributed by atoms with Crippen LogP contribution in [0.25, 0.3) is 0 Å². The molecule has 0 spiro atoms. The maximum Gasteiger partial charge on any atom is 0.239 e. The molecule has 5 heteroatoms. The van der Waals surface area contributed by atoms with Crippen LogP contribution in [-0.2, 0) is 4.79 Å². The molecule has 0 radical (unpaired) electrons. The van der Waals surface area contributed by atoms with Crippen LogP contribution in [0.4, 0.5) is 0 Å². The summed E-state index contributed by atoms with van der Waals surface area (Å²) in [4.78, 5) is 13.0. The topological polar surface area (TPSA) is 55.6 Å². The number of carbonyl (C=O) groups is 1. The Morgan fingerprint density at radius 1 is 1.41 bits per heavy atom. The van der Waals surface area contributed by atoms with Gasteiger partial charge in [-0.05, 0) is 19.1 Å². The number of nitrogens with zero attached hydrogens (tertiary/aromatic N) is 1. The van der Waals surface area contributed by atoms with E-state index in [0.29, 0.717) is 13.2 Å². The molecule has 1 atom stereocenters. The van der Waals surface area contributed by atoms with Crippen molar-refractivity contribution >= 4 is 18.3 Å². The number of rotatable bonds is 5. The molecule has 1 aromatic rings. The molecule has 0 heterocycles. The number of amides is 1. The Labute approximate surface area is 108 Å². The second-order valence-corrected chi connectivity index (χ2v) is 3.71. The lowest BCUT2D eigenvalue weighted by Gasteiger charge is -2.19. The number of benzene rings is 1. The van der Waals surface area contributed by atoms with Crippen molar-refractivity contribution in [2.45, 2.75) is 13.0 Å². The highest BCUT2D eigenvalue weighted by Gasteiger charge is 2.12. The van der Waals surface area contributed by atoms with Crippen LogP contribution in [-0.4, -0.2) is 37.0 Å². The molecular weight excluding hydrogens is 240 g/mol. The lowest BCUT2D eigenvalue weighted by molar-refractivity contribution is -0.131. The largest absolute Gasteiger partial charge is 0.492 e. The first-order valence-electron chi connectivity index (χ1n) is 5.29.